The Hall–Kier alpha value is -0.860. The summed E-state index contributed by atoms with van der Waals surface area (Å²) in [4.78, 5) is 7.16. The normalized spacial score (nSPS) is 17.5. The molecule has 25 heavy (non-hydrogen) atoms. The van der Waals surface area contributed by atoms with E-state index in [0.717, 1.165) is 38.8 Å². The van der Waals surface area contributed by atoms with Gasteiger partial charge in [-0.2, -0.15) is 0 Å². The maximum Gasteiger partial charge on any atom is 0.194 e. The predicted molar refractivity (Wildman–Crippen MR) is 114 cm³/mol. The zero-order chi connectivity index (χ0) is 17.2. The number of benzene rings is 1. The van der Waals surface area contributed by atoms with Crippen LogP contribution in [0.4, 0.5) is 0 Å². The van der Waals surface area contributed by atoms with Crippen LogP contribution < -0.4 is 5.32 Å². The molecular weight excluding hydrogens is 429 g/mol. The fraction of sp³-hybridized carbons (Fsp3) is 0.632. The molecule has 0 amide bonds. The largest absolute Gasteiger partial charge is 0.384 e. The van der Waals surface area contributed by atoms with Gasteiger partial charge in [0.2, 0.25) is 0 Å². The van der Waals surface area contributed by atoms with Crippen molar-refractivity contribution < 1.29 is 9.47 Å². The molecule has 142 valence electrons. The topological polar surface area (TPSA) is 46.1 Å². The lowest BCUT2D eigenvalue weighted by atomic mass is 10.1. The molecule has 5 nitrogen and oxygen atoms in total. The van der Waals surface area contributed by atoms with Crippen LogP contribution in [0.5, 0.6) is 0 Å². The Morgan fingerprint density at radius 2 is 1.96 bits per heavy atom. The Labute approximate surface area is 169 Å². The molecular formula is C19H32IN3O2. The fourth-order valence-corrected chi connectivity index (χ4v) is 2.95. The van der Waals surface area contributed by atoms with E-state index in [-0.39, 0.29) is 24.0 Å². The SMILES string of the molecule is CCNC(=NCc1ccc(COCC)cc1)N1CCC(COC)C1.I. The number of aliphatic imine (C=N–C) groups is 1. The molecule has 1 aliphatic rings. The van der Waals surface area contributed by atoms with Crippen LogP contribution in [0.1, 0.15) is 31.4 Å². The molecule has 1 saturated heterocycles. The van der Waals surface area contributed by atoms with E-state index in [1.165, 1.54) is 17.5 Å². The molecule has 0 radical (unpaired) electrons. The van der Waals surface area contributed by atoms with E-state index in [9.17, 15) is 0 Å². The van der Waals surface area contributed by atoms with Gasteiger partial charge in [-0.05, 0) is 31.4 Å². The van der Waals surface area contributed by atoms with Gasteiger partial charge in [-0.1, -0.05) is 24.3 Å². The zero-order valence-corrected chi connectivity index (χ0v) is 18.0. The molecule has 6 heteroatoms. The molecule has 0 spiro atoms. The Morgan fingerprint density at radius 1 is 1.24 bits per heavy atom. The average molecular weight is 461 g/mol. The number of ether oxygens (including phenoxy) is 2. The van der Waals surface area contributed by atoms with Gasteiger partial charge >= 0.3 is 0 Å². The molecule has 1 aliphatic heterocycles. The lowest BCUT2D eigenvalue weighted by Gasteiger charge is -2.21. The van der Waals surface area contributed by atoms with Gasteiger partial charge in [-0.3, -0.25) is 0 Å². The van der Waals surface area contributed by atoms with Crippen molar-refractivity contribution in [2.24, 2.45) is 10.9 Å². The third-order valence-electron chi connectivity index (χ3n) is 4.23. The van der Waals surface area contributed by atoms with Crippen LogP contribution >= 0.6 is 24.0 Å². The van der Waals surface area contributed by atoms with Gasteiger partial charge in [0, 0.05) is 39.3 Å². The Kier molecular flexibility index (Phi) is 11.1. The quantitative estimate of drug-likeness (QED) is 0.367. The fourth-order valence-electron chi connectivity index (χ4n) is 2.95. The Morgan fingerprint density at radius 3 is 2.60 bits per heavy atom. The van der Waals surface area contributed by atoms with Gasteiger partial charge in [0.1, 0.15) is 0 Å². The van der Waals surface area contributed by atoms with E-state index >= 15 is 0 Å². The summed E-state index contributed by atoms with van der Waals surface area (Å²) in [6.07, 6.45) is 1.17. The molecule has 1 unspecified atom stereocenters. The lowest BCUT2D eigenvalue weighted by Crippen LogP contribution is -2.40. The van der Waals surface area contributed by atoms with Crippen LogP contribution in [0.15, 0.2) is 29.3 Å². The number of rotatable bonds is 8. The van der Waals surface area contributed by atoms with Gasteiger partial charge in [0.15, 0.2) is 5.96 Å². The van der Waals surface area contributed by atoms with Crippen LogP contribution in [-0.2, 0) is 22.6 Å². The number of nitrogens with zero attached hydrogens (tertiary/aromatic N) is 2. The second-order valence-electron chi connectivity index (χ2n) is 6.18. The second kappa shape index (κ2) is 12.5. The van der Waals surface area contributed by atoms with Crippen molar-refractivity contribution >= 4 is 29.9 Å². The van der Waals surface area contributed by atoms with Crippen molar-refractivity contribution in [2.45, 2.75) is 33.4 Å². The highest BCUT2D eigenvalue weighted by Crippen LogP contribution is 2.17. The first kappa shape index (κ1) is 22.2. The molecule has 1 fully saturated rings. The number of likely N-dealkylation sites (tertiary alicyclic amines) is 1. The minimum Gasteiger partial charge on any atom is -0.384 e. The highest BCUT2D eigenvalue weighted by molar-refractivity contribution is 14.0. The first-order chi connectivity index (χ1) is 11.8. The number of hydrogen-bond donors (Lipinski definition) is 1. The molecule has 1 N–H and O–H groups in total. The van der Waals surface area contributed by atoms with Crippen molar-refractivity contribution in [3.63, 3.8) is 0 Å². The smallest absolute Gasteiger partial charge is 0.194 e. The summed E-state index contributed by atoms with van der Waals surface area (Å²) >= 11 is 0. The molecule has 1 atom stereocenters. The summed E-state index contributed by atoms with van der Waals surface area (Å²) in [5, 5.41) is 3.41. The summed E-state index contributed by atoms with van der Waals surface area (Å²) in [6, 6.07) is 8.52. The average Bonchev–Trinajstić information content (AvgIpc) is 3.06. The van der Waals surface area contributed by atoms with Crippen molar-refractivity contribution in [1.82, 2.24) is 10.2 Å². The number of methoxy groups -OCH3 is 1. The maximum absolute atomic E-state index is 5.43. The van der Waals surface area contributed by atoms with Crippen LogP contribution in [-0.4, -0.2) is 50.8 Å². The van der Waals surface area contributed by atoms with Crippen molar-refractivity contribution in [3.05, 3.63) is 35.4 Å². The van der Waals surface area contributed by atoms with E-state index in [4.69, 9.17) is 14.5 Å². The molecule has 0 aliphatic carbocycles. The van der Waals surface area contributed by atoms with Gasteiger partial charge in [-0.15, -0.1) is 24.0 Å². The Bertz CT molecular complexity index is 508. The molecule has 0 saturated carbocycles. The van der Waals surface area contributed by atoms with Crippen molar-refractivity contribution in [1.29, 1.82) is 0 Å². The molecule has 1 aromatic rings. The number of hydrogen-bond acceptors (Lipinski definition) is 3. The number of halogens is 1. The second-order valence-corrected chi connectivity index (χ2v) is 6.18. The van der Waals surface area contributed by atoms with Crippen LogP contribution in [0.2, 0.25) is 0 Å². The highest BCUT2D eigenvalue weighted by atomic mass is 127. The number of guanidine groups is 1. The summed E-state index contributed by atoms with van der Waals surface area (Å²) < 4.78 is 10.7. The molecule has 1 heterocycles. The predicted octanol–water partition coefficient (Wildman–Crippen LogP) is 3.27. The summed E-state index contributed by atoms with van der Waals surface area (Å²) in [7, 11) is 1.77. The molecule has 0 bridgehead atoms. The van der Waals surface area contributed by atoms with E-state index in [1.807, 2.05) is 6.92 Å². The maximum atomic E-state index is 5.43. The molecule has 0 aromatic heterocycles. The Balaban J connectivity index is 0.00000312. The zero-order valence-electron chi connectivity index (χ0n) is 15.7. The van der Waals surface area contributed by atoms with Crippen LogP contribution in [0, 0.1) is 5.92 Å². The van der Waals surface area contributed by atoms with E-state index in [1.54, 1.807) is 7.11 Å². The van der Waals surface area contributed by atoms with E-state index in [2.05, 4.69) is 41.4 Å². The lowest BCUT2D eigenvalue weighted by molar-refractivity contribution is 0.134. The monoisotopic (exact) mass is 461 g/mol. The summed E-state index contributed by atoms with van der Waals surface area (Å²) in [6.45, 7) is 10.0. The van der Waals surface area contributed by atoms with Crippen LogP contribution in [0.25, 0.3) is 0 Å². The first-order valence-corrected chi connectivity index (χ1v) is 8.94. The van der Waals surface area contributed by atoms with Crippen LogP contribution in [0.3, 0.4) is 0 Å². The highest BCUT2D eigenvalue weighted by Gasteiger charge is 2.24. The first-order valence-electron chi connectivity index (χ1n) is 8.94. The minimum absolute atomic E-state index is 0. The number of nitrogens with one attached hydrogen (secondary N) is 1. The third kappa shape index (κ3) is 7.50. The summed E-state index contributed by atoms with van der Waals surface area (Å²) in [5.41, 5.74) is 2.43. The van der Waals surface area contributed by atoms with Gasteiger partial charge in [0.25, 0.3) is 0 Å². The van der Waals surface area contributed by atoms with E-state index < -0.39 is 0 Å². The van der Waals surface area contributed by atoms with Gasteiger partial charge < -0.3 is 19.7 Å². The minimum atomic E-state index is 0. The summed E-state index contributed by atoms with van der Waals surface area (Å²) in [5.74, 6) is 1.62. The molecule has 1 aromatic carbocycles. The van der Waals surface area contributed by atoms with Gasteiger partial charge in [0.05, 0.1) is 19.8 Å². The van der Waals surface area contributed by atoms with Gasteiger partial charge in [-0.25, -0.2) is 4.99 Å². The van der Waals surface area contributed by atoms with Crippen molar-refractivity contribution in [2.75, 3.05) is 40.0 Å². The third-order valence-corrected chi connectivity index (χ3v) is 4.23. The molecule has 2 rings (SSSR count). The van der Waals surface area contributed by atoms with Crippen molar-refractivity contribution in [3.8, 4) is 0 Å². The van der Waals surface area contributed by atoms with E-state index in [0.29, 0.717) is 19.1 Å². The standard InChI is InChI=1S/C19H31N3O2.HI/c1-4-20-19(22-11-10-18(13-22)14-23-3)21-12-16-6-8-17(9-7-16)15-24-5-2;/h6-9,18H,4-5,10-15H2,1-3H3,(H,20,21);1H.